The number of ether oxygens (including phenoxy) is 1. The van der Waals surface area contributed by atoms with E-state index in [0.29, 0.717) is 33.6 Å². The van der Waals surface area contributed by atoms with Crippen LogP contribution in [0.1, 0.15) is 21.5 Å². The summed E-state index contributed by atoms with van der Waals surface area (Å²) in [4.78, 5) is 22.8. The normalized spacial score (nSPS) is 11.4. The standard InChI is InChI=1S/C26H22N6O2/c1-16-8-7-10-18(14-16)29-26(33)22-23-25(31-20-12-5-4-11-19(20)30-23)32(24(22)27)28-15-17-9-3-6-13-21(17)34-2/h3-15H,27H2,1-2H3,(H,29,33)/b28-15+. The van der Waals surface area contributed by atoms with Crippen molar-refractivity contribution in [2.75, 3.05) is 18.2 Å². The van der Waals surface area contributed by atoms with Crippen molar-refractivity contribution in [1.82, 2.24) is 14.6 Å². The Morgan fingerprint density at radius 1 is 1.03 bits per heavy atom. The summed E-state index contributed by atoms with van der Waals surface area (Å²) in [5.74, 6) is 0.417. The third kappa shape index (κ3) is 3.81. The Balaban J connectivity index is 1.67. The number of carbonyl (C=O) groups is 1. The number of aryl methyl sites for hydroxylation is 1. The van der Waals surface area contributed by atoms with Gasteiger partial charge in [-0.3, -0.25) is 4.79 Å². The number of anilines is 2. The van der Waals surface area contributed by atoms with Crippen LogP contribution in [0.2, 0.25) is 0 Å². The lowest BCUT2D eigenvalue weighted by Gasteiger charge is -2.06. The van der Waals surface area contributed by atoms with Gasteiger partial charge in [-0.2, -0.15) is 9.78 Å². The fourth-order valence-corrected chi connectivity index (χ4v) is 3.80. The van der Waals surface area contributed by atoms with Crippen LogP contribution in [0, 0.1) is 6.92 Å². The number of rotatable bonds is 5. The van der Waals surface area contributed by atoms with E-state index in [1.54, 1.807) is 13.3 Å². The maximum atomic E-state index is 13.3. The number of hydrogen-bond donors (Lipinski definition) is 2. The van der Waals surface area contributed by atoms with Crippen molar-refractivity contribution in [3.05, 3.63) is 89.5 Å². The summed E-state index contributed by atoms with van der Waals surface area (Å²) in [5, 5.41) is 7.46. The molecule has 0 saturated carbocycles. The zero-order chi connectivity index (χ0) is 23.7. The average molecular weight is 451 g/mol. The van der Waals surface area contributed by atoms with Crippen molar-refractivity contribution in [1.29, 1.82) is 0 Å². The van der Waals surface area contributed by atoms with Gasteiger partial charge >= 0.3 is 0 Å². The number of carbonyl (C=O) groups excluding carboxylic acids is 1. The molecule has 1 amide bonds. The summed E-state index contributed by atoms with van der Waals surface area (Å²) in [6, 6.07) is 22.5. The number of benzene rings is 3. The first kappa shape index (κ1) is 21.1. The molecule has 0 fully saturated rings. The van der Waals surface area contributed by atoms with Gasteiger partial charge in [0.25, 0.3) is 5.91 Å². The molecule has 0 aliphatic carbocycles. The van der Waals surface area contributed by atoms with E-state index in [2.05, 4.69) is 10.4 Å². The highest BCUT2D eigenvalue weighted by Gasteiger charge is 2.24. The van der Waals surface area contributed by atoms with Crippen LogP contribution in [0.25, 0.3) is 22.2 Å². The Morgan fingerprint density at radius 2 is 1.76 bits per heavy atom. The van der Waals surface area contributed by atoms with E-state index in [1.165, 1.54) is 4.68 Å². The van der Waals surface area contributed by atoms with Crippen LogP contribution in [-0.4, -0.2) is 33.9 Å². The zero-order valence-electron chi connectivity index (χ0n) is 18.7. The van der Waals surface area contributed by atoms with E-state index in [-0.39, 0.29) is 17.3 Å². The summed E-state index contributed by atoms with van der Waals surface area (Å²) in [5.41, 5.74) is 11.2. The van der Waals surface area contributed by atoms with Crippen LogP contribution in [0.3, 0.4) is 0 Å². The lowest BCUT2D eigenvalue weighted by molar-refractivity contribution is 0.102. The predicted octanol–water partition coefficient (Wildman–Crippen LogP) is 4.62. The number of hydrogen-bond acceptors (Lipinski definition) is 6. The Bertz CT molecular complexity index is 1570. The minimum atomic E-state index is -0.385. The minimum absolute atomic E-state index is 0.140. The third-order valence-electron chi connectivity index (χ3n) is 5.43. The number of methoxy groups -OCH3 is 1. The molecule has 3 aromatic carbocycles. The number of nitrogens with two attached hydrogens (primary N) is 1. The van der Waals surface area contributed by atoms with Gasteiger partial charge in [-0.25, -0.2) is 9.97 Å². The Labute approximate surface area is 195 Å². The van der Waals surface area contributed by atoms with Crippen molar-refractivity contribution < 1.29 is 9.53 Å². The van der Waals surface area contributed by atoms with Gasteiger partial charge in [0, 0.05) is 11.3 Å². The molecule has 5 aromatic rings. The second kappa shape index (κ2) is 8.67. The Hall–Kier alpha value is -4.72. The van der Waals surface area contributed by atoms with Crippen LogP contribution in [0.15, 0.2) is 77.9 Å². The monoisotopic (exact) mass is 450 g/mol. The lowest BCUT2D eigenvalue weighted by Crippen LogP contribution is -2.14. The molecule has 0 spiro atoms. The first-order valence-corrected chi connectivity index (χ1v) is 10.7. The van der Waals surface area contributed by atoms with E-state index in [0.717, 1.165) is 11.1 Å². The van der Waals surface area contributed by atoms with Gasteiger partial charge in [0.2, 0.25) is 0 Å². The molecule has 8 nitrogen and oxygen atoms in total. The average Bonchev–Trinajstić information content (AvgIpc) is 3.11. The highest BCUT2D eigenvalue weighted by molar-refractivity contribution is 6.16. The summed E-state index contributed by atoms with van der Waals surface area (Å²) >= 11 is 0. The zero-order valence-corrected chi connectivity index (χ0v) is 18.7. The van der Waals surface area contributed by atoms with E-state index in [1.807, 2.05) is 79.7 Å². The molecule has 0 aliphatic rings. The fourth-order valence-electron chi connectivity index (χ4n) is 3.80. The van der Waals surface area contributed by atoms with Gasteiger partial charge in [-0.05, 0) is 48.9 Å². The van der Waals surface area contributed by atoms with E-state index in [4.69, 9.17) is 20.4 Å². The quantitative estimate of drug-likeness (QED) is 0.380. The molecular formula is C26H22N6O2. The molecule has 0 saturated heterocycles. The van der Waals surface area contributed by atoms with E-state index < -0.39 is 0 Å². The van der Waals surface area contributed by atoms with Gasteiger partial charge in [0.05, 0.1) is 24.4 Å². The van der Waals surface area contributed by atoms with Gasteiger partial charge in [-0.1, -0.05) is 36.4 Å². The molecule has 2 heterocycles. The van der Waals surface area contributed by atoms with Crippen LogP contribution >= 0.6 is 0 Å². The fraction of sp³-hybridized carbons (Fsp3) is 0.0769. The first-order chi connectivity index (χ1) is 16.5. The molecule has 34 heavy (non-hydrogen) atoms. The SMILES string of the molecule is COc1ccccc1/C=N/n1c(N)c(C(=O)Nc2cccc(C)c2)c2nc3ccccc3nc21. The topological polar surface area (TPSA) is 107 Å². The van der Waals surface area contributed by atoms with Crippen LogP contribution in [0.4, 0.5) is 11.5 Å². The van der Waals surface area contributed by atoms with E-state index >= 15 is 0 Å². The number of aromatic nitrogens is 3. The van der Waals surface area contributed by atoms with Gasteiger partial charge in [0.15, 0.2) is 5.65 Å². The van der Waals surface area contributed by atoms with Crippen LogP contribution in [-0.2, 0) is 0 Å². The molecule has 0 atom stereocenters. The Morgan fingerprint density at radius 3 is 2.53 bits per heavy atom. The number of amides is 1. The summed E-state index contributed by atoms with van der Waals surface area (Å²) in [6.45, 7) is 1.96. The summed E-state index contributed by atoms with van der Waals surface area (Å²) < 4.78 is 6.84. The second-order valence-corrected chi connectivity index (χ2v) is 7.77. The molecule has 0 bridgehead atoms. The molecule has 0 unspecified atom stereocenters. The smallest absolute Gasteiger partial charge is 0.261 e. The second-order valence-electron chi connectivity index (χ2n) is 7.77. The number of nitrogens with zero attached hydrogens (tertiary/aromatic N) is 4. The number of nitrogen functional groups attached to an aromatic ring is 1. The van der Waals surface area contributed by atoms with Crippen LogP contribution < -0.4 is 15.8 Å². The molecule has 0 aliphatic heterocycles. The molecule has 0 radical (unpaired) electrons. The maximum Gasteiger partial charge on any atom is 0.261 e. The Kier molecular flexibility index (Phi) is 5.39. The lowest BCUT2D eigenvalue weighted by atomic mass is 10.2. The highest BCUT2D eigenvalue weighted by Crippen LogP contribution is 2.29. The van der Waals surface area contributed by atoms with Crippen molar-refractivity contribution in [3.63, 3.8) is 0 Å². The van der Waals surface area contributed by atoms with Gasteiger partial charge in [0.1, 0.15) is 22.6 Å². The third-order valence-corrected chi connectivity index (χ3v) is 5.43. The molecule has 168 valence electrons. The van der Waals surface area contributed by atoms with Crippen LogP contribution in [0.5, 0.6) is 5.75 Å². The highest BCUT2D eigenvalue weighted by atomic mass is 16.5. The van der Waals surface area contributed by atoms with Crippen molar-refractivity contribution in [2.45, 2.75) is 6.92 Å². The summed E-state index contributed by atoms with van der Waals surface area (Å²) in [7, 11) is 1.59. The number of para-hydroxylation sites is 3. The minimum Gasteiger partial charge on any atom is -0.496 e. The van der Waals surface area contributed by atoms with Crippen molar-refractivity contribution >= 4 is 45.8 Å². The number of fused-ring (bicyclic) bond motifs is 2. The molecular weight excluding hydrogens is 428 g/mol. The molecule has 5 rings (SSSR count). The number of nitrogens with one attached hydrogen (secondary N) is 1. The predicted molar refractivity (Wildman–Crippen MR) is 135 cm³/mol. The molecule has 2 aromatic heterocycles. The first-order valence-electron chi connectivity index (χ1n) is 10.7. The van der Waals surface area contributed by atoms with Gasteiger partial charge in [-0.15, -0.1) is 0 Å². The van der Waals surface area contributed by atoms with Crippen molar-refractivity contribution in [3.8, 4) is 5.75 Å². The molecule has 8 heteroatoms. The summed E-state index contributed by atoms with van der Waals surface area (Å²) in [6.07, 6.45) is 1.62. The maximum absolute atomic E-state index is 13.3. The van der Waals surface area contributed by atoms with E-state index in [9.17, 15) is 4.79 Å². The largest absolute Gasteiger partial charge is 0.496 e. The van der Waals surface area contributed by atoms with Gasteiger partial charge < -0.3 is 15.8 Å². The van der Waals surface area contributed by atoms with Crippen molar-refractivity contribution in [2.24, 2.45) is 5.10 Å². The molecule has 3 N–H and O–H groups in total.